The van der Waals surface area contributed by atoms with Crippen LogP contribution in [0, 0.1) is 6.92 Å². The van der Waals surface area contributed by atoms with Crippen molar-refractivity contribution in [3.8, 4) is 0 Å². The van der Waals surface area contributed by atoms with E-state index >= 15 is 0 Å². The number of aromatic nitrogens is 1. The number of nitrogens with zero attached hydrogens (tertiary/aromatic N) is 1. The second kappa shape index (κ2) is 4.63. The van der Waals surface area contributed by atoms with Gasteiger partial charge in [0.15, 0.2) is 0 Å². The summed E-state index contributed by atoms with van der Waals surface area (Å²) in [6.45, 7) is 1.98. The molecule has 2 N–H and O–H groups in total. The molecule has 0 bridgehead atoms. The molecule has 0 aliphatic rings. The molecule has 0 saturated carbocycles. The molecule has 0 spiro atoms. The van der Waals surface area contributed by atoms with Gasteiger partial charge in [0, 0.05) is 20.4 Å². The lowest BCUT2D eigenvalue weighted by Crippen LogP contribution is -2.09. The lowest BCUT2D eigenvalue weighted by Gasteiger charge is -2.04. The lowest BCUT2D eigenvalue weighted by atomic mass is 10.3. The van der Waals surface area contributed by atoms with E-state index in [1.54, 1.807) is 22.7 Å². The van der Waals surface area contributed by atoms with Crippen LogP contribution in [0.2, 0.25) is 0 Å². The summed E-state index contributed by atoms with van der Waals surface area (Å²) in [6.07, 6.45) is 0. The topological polar surface area (TPSA) is 38.9 Å². The predicted octanol–water partition coefficient (Wildman–Crippen LogP) is 4.09. The molecule has 2 aromatic rings. The molecule has 0 aliphatic heterocycles. The van der Waals surface area contributed by atoms with Gasteiger partial charge in [0.05, 0.1) is 9.83 Å². The highest BCUT2D eigenvalue weighted by Crippen LogP contribution is 2.37. The average Bonchev–Trinajstić information content (AvgIpc) is 2.74. The highest BCUT2D eigenvalue weighted by Gasteiger charge is 2.16. The zero-order valence-corrected chi connectivity index (χ0v) is 12.6. The van der Waals surface area contributed by atoms with Crippen LogP contribution in [0.3, 0.4) is 0 Å². The molecular weight excluding hydrogens is 360 g/mol. The largest absolute Gasteiger partial charge is 0.318 e. The van der Waals surface area contributed by atoms with Crippen molar-refractivity contribution in [3.63, 3.8) is 0 Å². The van der Waals surface area contributed by atoms with Crippen LogP contribution >= 0.6 is 54.5 Å². The predicted molar refractivity (Wildman–Crippen MR) is 72.6 cm³/mol. The summed E-state index contributed by atoms with van der Waals surface area (Å²) in [5.41, 5.74) is 7.16. The fourth-order valence-electron chi connectivity index (χ4n) is 1.15. The van der Waals surface area contributed by atoms with Gasteiger partial charge in [0.2, 0.25) is 0 Å². The van der Waals surface area contributed by atoms with E-state index in [0.717, 1.165) is 23.8 Å². The summed E-state index contributed by atoms with van der Waals surface area (Å²) in [4.78, 5) is 5.51. The van der Waals surface area contributed by atoms with E-state index in [1.165, 1.54) is 0 Å². The Balaban J connectivity index is 2.31. The normalized spacial score (nSPS) is 13.1. The maximum atomic E-state index is 6.13. The molecule has 0 aliphatic carbocycles. The number of thiazole rings is 1. The Bertz CT molecular complexity index is 459. The van der Waals surface area contributed by atoms with E-state index in [9.17, 15) is 0 Å². The molecule has 2 nitrogen and oxygen atoms in total. The van der Waals surface area contributed by atoms with Gasteiger partial charge in [0.1, 0.15) is 5.01 Å². The molecule has 2 rings (SSSR count). The Morgan fingerprint density at radius 3 is 2.67 bits per heavy atom. The third-order valence-electron chi connectivity index (χ3n) is 1.87. The maximum absolute atomic E-state index is 6.13. The van der Waals surface area contributed by atoms with Gasteiger partial charge in [-0.3, -0.25) is 0 Å². The third-order valence-corrected chi connectivity index (χ3v) is 6.26. The molecule has 2 heterocycles. The van der Waals surface area contributed by atoms with Gasteiger partial charge in [-0.1, -0.05) is 0 Å². The third kappa shape index (κ3) is 2.50. The maximum Gasteiger partial charge on any atom is 0.115 e. The van der Waals surface area contributed by atoms with Crippen molar-refractivity contribution in [2.75, 3.05) is 0 Å². The van der Waals surface area contributed by atoms with Crippen molar-refractivity contribution in [2.24, 2.45) is 5.73 Å². The Hall–Kier alpha value is 0.250. The van der Waals surface area contributed by atoms with Gasteiger partial charge in [-0.15, -0.1) is 22.7 Å². The molecule has 80 valence electrons. The van der Waals surface area contributed by atoms with Gasteiger partial charge >= 0.3 is 0 Å². The van der Waals surface area contributed by atoms with Crippen molar-refractivity contribution in [2.45, 2.75) is 13.0 Å². The molecule has 1 atom stereocenters. The fraction of sp³-hybridized carbons (Fsp3) is 0.222. The Morgan fingerprint density at radius 1 is 1.47 bits per heavy atom. The summed E-state index contributed by atoms with van der Waals surface area (Å²) >= 11 is 10.2. The van der Waals surface area contributed by atoms with Gasteiger partial charge in [-0.05, 0) is 44.8 Å². The number of halogens is 2. The zero-order valence-electron chi connectivity index (χ0n) is 7.83. The highest BCUT2D eigenvalue weighted by molar-refractivity contribution is 9.13. The first-order chi connectivity index (χ1) is 7.08. The van der Waals surface area contributed by atoms with E-state index in [2.05, 4.69) is 36.8 Å². The van der Waals surface area contributed by atoms with Crippen molar-refractivity contribution < 1.29 is 0 Å². The molecule has 1 unspecified atom stereocenters. The van der Waals surface area contributed by atoms with Crippen LogP contribution in [0.25, 0.3) is 0 Å². The summed E-state index contributed by atoms with van der Waals surface area (Å²) in [5.74, 6) is 0. The zero-order chi connectivity index (χ0) is 11.0. The van der Waals surface area contributed by atoms with Crippen molar-refractivity contribution in [3.05, 3.63) is 35.3 Å². The van der Waals surface area contributed by atoms with Crippen molar-refractivity contribution >= 4 is 54.5 Å². The minimum absolute atomic E-state index is 0.115. The molecule has 0 fully saturated rings. The van der Waals surface area contributed by atoms with Crippen LogP contribution in [-0.2, 0) is 0 Å². The van der Waals surface area contributed by atoms with Crippen LogP contribution in [0.15, 0.2) is 19.7 Å². The molecule has 0 aromatic carbocycles. The first kappa shape index (κ1) is 11.7. The van der Waals surface area contributed by atoms with E-state index < -0.39 is 0 Å². The molecule has 2 aromatic heterocycles. The van der Waals surface area contributed by atoms with E-state index in [4.69, 9.17) is 5.73 Å². The number of hydrogen-bond donors (Lipinski definition) is 1. The highest BCUT2D eigenvalue weighted by atomic mass is 79.9. The van der Waals surface area contributed by atoms with Gasteiger partial charge in [0.25, 0.3) is 0 Å². The molecule has 0 amide bonds. The Labute approximate surface area is 113 Å². The van der Waals surface area contributed by atoms with Crippen LogP contribution in [0.5, 0.6) is 0 Å². The number of nitrogens with two attached hydrogens (primary N) is 1. The molecule has 15 heavy (non-hydrogen) atoms. The average molecular weight is 368 g/mol. The van der Waals surface area contributed by atoms with Gasteiger partial charge in [-0.2, -0.15) is 0 Å². The van der Waals surface area contributed by atoms with Crippen LogP contribution in [0.1, 0.15) is 21.6 Å². The number of hydrogen-bond acceptors (Lipinski definition) is 4. The minimum atomic E-state index is -0.115. The first-order valence-electron chi connectivity index (χ1n) is 4.20. The second-order valence-corrected chi connectivity index (χ2v) is 7.22. The molecule has 6 heteroatoms. The van der Waals surface area contributed by atoms with Crippen LogP contribution < -0.4 is 5.73 Å². The number of aryl methyl sites for hydroxylation is 1. The Morgan fingerprint density at radius 2 is 2.20 bits per heavy atom. The lowest BCUT2D eigenvalue weighted by molar-refractivity contribution is 0.871. The fourth-order valence-corrected chi connectivity index (χ4v) is 4.14. The smallest absolute Gasteiger partial charge is 0.115 e. The quantitative estimate of drug-likeness (QED) is 0.868. The van der Waals surface area contributed by atoms with Crippen molar-refractivity contribution in [1.29, 1.82) is 0 Å². The van der Waals surface area contributed by atoms with Crippen LogP contribution in [0.4, 0.5) is 0 Å². The Kier molecular flexibility index (Phi) is 3.62. The monoisotopic (exact) mass is 366 g/mol. The number of thiophene rings is 1. The summed E-state index contributed by atoms with van der Waals surface area (Å²) in [7, 11) is 0. The van der Waals surface area contributed by atoms with Crippen LogP contribution in [-0.4, -0.2) is 4.98 Å². The first-order valence-corrected chi connectivity index (χ1v) is 7.48. The number of rotatable bonds is 2. The molecule has 0 radical (unpaired) electrons. The van der Waals surface area contributed by atoms with Gasteiger partial charge in [-0.25, -0.2) is 4.98 Å². The molecular formula is C9H8Br2N2S2. The standard InChI is InChI=1S/C9H8Br2N2S2/c1-4-3-14-9(13-4)7(12)6-2-5(10)8(11)15-6/h2-3,7H,12H2,1H3. The van der Waals surface area contributed by atoms with E-state index in [0.29, 0.717) is 0 Å². The second-order valence-electron chi connectivity index (χ2n) is 3.08. The summed E-state index contributed by atoms with van der Waals surface area (Å²) in [6, 6.07) is 1.92. The summed E-state index contributed by atoms with van der Waals surface area (Å²) in [5, 5.41) is 2.99. The van der Waals surface area contributed by atoms with Crippen molar-refractivity contribution in [1.82, 2.24) is 4.98 Å². The van der Waals surface area contributed by atoms with E-state index in [1.807, 2.05) is 18.4 Å². The SMILES string of the molecule is Cc1csc(C(N)c2cc(Br)c(Br)s2)n1. The molecule has 0 saturated heterocycles. The van der Waals surface area contributed by atoms with Gasteiger partial charge < -0.3 is 5.73 Å². The van der Waals surface area contributed by atoms with E-state index in [-0.39, 0.29) is 6.04 Å². The summed E-state index contributed by atoms with van der Waals surface area (Å²) < 4.78 is 2.12. The minimum Gasteiger partial charge on any atom is -0.318 e.